The van der Waals surface area contributed by atoms with Crippen LogP contribution in [0.3, 0.4) is 0 Å². The van der Waals surface area contributed by atoms with Crippen molar-refractivity contribution in [2.45, 2.75) is 45.2 Å². The normalized spacial score (nSPS) is 25.1. The number of aromatic nitrogens is 2. The van der Waals surface area contributed by atoms with Crippen molar-refractivity contribution in [1.29, 1.82) is 0 Å². The number of rotatable bonds is 2. The molecule has 2 N–H and O–H groups in total. The summed E-state index contributed by atoms with van der Waals surface area (Å²) in [6.45, 7) is 4.41. The predicted octanol–water partition coefficient (Wildman–Crippen LogP) is 2.48. The molecule has 0 bridgehead atoms. The number of nitrogens with two attached hydrogens (primary N) is 1. The van der Waals surface area contributed by atoms with Crippen LogP contribution in [0.4, 0.5) is 11.8 Å². The summed E-state index contributed by atoms with van der Waals surface area (Å²) in [5.41, 5.74) is 5.63. The van der Waals surface area contributed by atoms with E-state index >= 15 is 0 Å². The van der Waals surface area contributed by atoms with E-state index in [1.807, 2.05) is 0 Å². The van der Waals surface area contributed by atoms with Crippen LogP contribution in [0.1, 0.15) is 33.1 Å². The highest BCUT2D eigenvalue weighted by atomic mass is 35.5. The number of nitrogen functional groups attached to an aromatic ring is 1. The van der Waals surface area contributed by atoms with Crippen LogP contribution in [0.25, 0.3) is 0 Å². The highest BCUT2D eigenvalue weighted by Gasteiger charge is 2.30. The monoisotopic (exact) mass is 240 g/mol. The van der Waals surface area contributed by atoms with Gasteiger partial charge in [0, 0.05) is 18.2 Å². The van der Waals surface area contributed by atoms with Crippen LogP contribution in [0, 0.1) is 0 Å². The summed E-state index contributed by atoms with van der Waals surface area (Å²) < 4.78 is 0. The fourth-order valence-corrected chi connectivity index (χ4v) is 2.62. The van der Waals surface area contributed by atoms with Gasteiger partial charge in [-0.1, -0.05) is 18.5 Å². The third kappa shape index (κ3) is 2.07. The summed E-state index contributed by atoms with van der Waals surface area (Å²) in [5, 5.41) is 0.413. The molecule has 2 rings (SSSR count). The van der Waals surface area contributed by atoms with Gasteiger partial charge in [-0.3, -0.25) is 0 Å². The average molecular weight is 241 g/mol. The first-order valence-corrected chi connectivity index (χ1v) is 6.08. The molecule has 0 aromatic carbocycles. The third-order valence-corrected chi connectivity index (χ3v) is 3.41. The molecule has 5 heteroatoms. The minimum atomic E-state index is 0.247. The number of nitrogens with zero attached hydrogens (tertiary/aromatic N) is 3. The molecular weight excluding hydrogens is 224 g/mol. The number of anilines is 2. The van der Waals surface area contributed by atoms with E-state index in [4.69, 9.17) is 17.3 Å². The smallest absolute Gasteiger partial charge is 0.223 e. The van der Waals surface area contributed by atoms with Gasteiger partial charge < -0.3 is 10.6 Å². The quantitative estimate of drug-likeness (QED) is 0.807. The molecular formula is C11H17ClN4. The van der Waals surface area contributed by atoms with Crippen molar-refractivity contribution in [3.8, 4) is 0 Å². The van der Waals surface area contributed by atoms with E-state index in [0.717, 1.165) is 12.2 Å². The molecule has 2 atom stereocenters. The van der Waals surface area contributed by atoms with Crippen LogP contribution in [0.5, 0.6) is 0 Å². The number of hydrogen-bond acceptors (Lipinski definition) is 4. The highest BCUT2D eigenvalue weighted by Crippen LogP contribution is 2.31. The van der Waals surface area contributed by atoms with E-state index in [9.17, 15) is 0 Å². The molecule has 1 aliphatic heterocycles. The van der Waals surface area contributed by atoms with Gasteiger partial charge in [-0.05, 0) is 26.2 Å². The largest absolute Gasteiger partial charge is 0.368 e. The van der Waals surface area contributed by atoms with Crippen LogP contribution in [0.2, 0.25) is 5.15 Å². The first kappa shape index (κ1) is 11.5. The van der Waals surface area contributed by atoms with Gasteiger partial charge in [0.15, 0.2) is 0 Å². The zero-order valence-corrected chi connectivity index (χ0v) is 10.4. The number of hydrogen-bond donors (Lipinski definition) is 1. The Morgan fingerprint density at radius 1 is 1.50 bits per heavy atom. The lowest BCUT2D eigenvalue weighted by molar-refractivity contribution is 0.621. The molecule has 1 aromatic rings. The van der Waals surface area contributed by atoms with Crippen molar-refractivity contribution in [2.75, 3.05) is 10.6 Å². The Morgan fingerprint density at radius 3 is 2.88 bits per heavy atom. The van der Waals surface area contributed by atoms with E-state index in [1.165, 1.54) is 12.8 Å². The molecule has 1 saturated heterocycles. The predicted molar refractivity (Wildman–Crippen MR) is 66.7 cm³/mol. The Balaban J connectivity index is 2.34. The van der Waals surface area contributed by atoms with Gasteiger partial charge in [-0.15, -0.1) is 0 Å². The van der Waals surface area contributed by atoms with Crippen molar-refractivity contribution in [1.82, 2.24) is 9.97 Å². The molecule has 2 unspecified atom stereocenters. The molecule has 1 aliphatic rings. The van der Waals surface area contributed by atoms with Crippen LogP contribution in [-0.4, -0.2) is 22.1 Å². The zero-order valence-electron chi connectivity index (χ0n) is 9.65. The summed E-state index contributed by atoms with van der Waals surface area (Å²) in [5.74, 6) is 1.10. The van der Waals surface area contributed by atoms with Gasteiger partial charge in [0.25, 0.3) is 0 Å². The van der Waals surface area contributed by atoms with E-state index in [1.54, 1.807) is 6.07 Å². The summed E-state index contributed by atoms with van der Waals surface area (Å²) in [6, 6.07) is 2.83. The lowest BCUT2D eigenvalue weighted by Crippen LogP contribution is -2.35. The van der Waals surface area contributed by atoms with Crippen molar-refractivity contribution >= 4 is 23.4 Å². The van der Waals surface area contributed by atoms with E-state index in [2.05, 4.69) is 28.7 Å². The summed E-state index contributed by atoms with van der Waals surface area (Å²) in [4.78, 5) is 10.5. The minimum absolute atomic E-state index is 0.247. The van der Waals surface area contributed by atoms with Gasteiger partial charge in [-0.25, -0.2) is 4.98 Å². The maximum atomic E-state index is 5.91. The average Bonchev–Trinajstić information content (AvgIpc) is 2.58. The van der Waals surface area contributed by atoms with Gasteiger partial charge in [0.05, 0.1) is 0 Å². The fourth-order valence-electron chi connectivity index (χ4n) is 2.44. The second-order valence-electron chi connectivity index (χ2n) is 4.30. The maximum absolute atomic E-state index is 5.91. The Labute approximate surface area is 101 Å². The van der Waals surface area contributed by atoms with Crippen LogP contribution in [0.15, 0.2) is 6.07 Å². The molecule has 1 aromatic heterocycles. The second-order valence-corrected chi connectivity index (χ2v) is 4.69. The lowest BCUT2D eigenvalue weighted by atomic mass is 10.1. The standard InChI is InChI=1S/C11H17ClN4/c1-3-8-5-4-7(2)16(8)10-6-9(12)14-11(13)15-10/h6-8H,3-5H2,1-2H3,(H2,13,14,15). The summed E-state index contributed by atoms with van der Waals surface area (Å²) >= 11 is 5.91. The zero-order chi connectivity index (χ0) is 11.7. The fraction of sp³-hybridized carbons (Fsp3) is 0.636. The third-order valence-electron chi connectivity index (χ3n) is 3.22. The van der Waals surface area contributed by atoms with Gasteiger partial charge in [0.2, 0.25) is 5.95 Å². The first-order chi connectivity index (χ1) is 7.61. The topological polar surface area (TPSA) is 55.0 Å². The minimum Gasteiger partial charge on any atom is -0.368 e. The molecule has 0 spiro atoms. The van der Waals surface area contributed by atoms with Gasteiger partial charge in [-0.2, -0.15) is 4.98 Å². The van der Waals surface area contributed by atoms with E-state index in [0.29, 0.717) is 17.2 Å². The van der Waals surface area contributed by atoms with Crippen molar-refractivity contribution < 1.29 is 0 Å². The second kappa shape index (κ2) is 4.45. The Kier molecular flexibility index (Phi) is 3.19. The number of halogens is 1. The van der Waals surface area contributed by atoms with Crippen molar-refractivity contribution in [3.05, 3.63) is 11.2 Å². The molecule has 0 aliphatic carbocycles. The van der Waals surface area contributed by atoms with E-state index in [-0.39, 0.29) is 5.95 Å². The van der Waals surface area contributed by atoms with E-state index < -0.39 is 0 Å². The lowest BCUT2D eigenvalue weighted by Gasteiger charge is -2.29. The molecule has 88 valence electrons. The molecule has 4 nitrogen and oxygen atoms in total. The van der Waals surface area contributed by atoms with Crippen molar-refractivity contribution in [3.63, 3.8) is 0 Å². The SMILES string of the molecule is CCC1CCC(C)N1c1cc(Cl)nc(N)n1. The highest BCUT2D eigenvalue weighted by molar-refractivity contribution is 6.29. The molecule has 0 amide bonds. The van der Waals surface area contributed by atoms with Crippen LogP contribution < -0.4 is 10.6 Å². The molecule has 0 saturated carbocycles. The molecule has 1 fully saturated rings. The summed E-state index contributed by atoms with van der Waals surface area (Å²) in [6.07, 6.45) is 3.52. The molecule has 2 heterocycles. The maximum Gasteiger partial charge on any atom is 0.223 e. The Hall–Kier alpha value is -1.03. The first-order valence-electron chi connectivity index (χ1n) is 5.70. The summed E-state index contributed by atoms with van der Waals surface area (Å²) in [7, 11) is 0. The molecule has 16 heavy (non-hydrogen) atoms. The van der Waals surface area contributed by atoms with Gasteiger partial charge in [0.1, 0.15) is 11.0 Å². The Bertz CT molecular complexity index is 362. The Morgan fingerprint density at radius 2 is 2.25 bits per heavy atom. The van der Waals surface area contributed by atoms with Gasteiger partial charge >= 0.3 is 0 Å². The van der Waals surface area contributed by atoms with Crippen LogP contribution >= 0.6 is 11.6 Å². The molecule has 0 radical (unpaired) electrons. The van der Waals surface area contributed by atoms with Crippen LogP contribution in [-0.2, 0) is 0 Å². The van der Waals surface area contributed by atoms with Crippen molar-refractivity contribution in [2.24, 2.45) is 0 Å².